The molecule has 0 radical (unpaired) electrons. The van der Waals surface area contributed by atoms with E-state index in [4.69, 9.17) is 18.9 Å². The Morgan fingerprint density at radius 3 is 2.85 bits per heavy atom. The summed E-state index contributed by atoms with van der Waals surface area (Å²) in [6.07, 6.45) is 10.5. The first kappa shape index (κ1) is 20.8. The second kappa shape index (κ2) is 6.99. The fraction of sp³-hybridized carbons (Fsp3) is 0.714. The van der Waals surface area contributed by atoms with E-state index >= 15 is 0 Å². The first-order valence-corrected chi connectivity index (χ1v) is 13.0. The lowest BCUT2D eigenvalue weighted by Crippen LogP contribution is -2.81. The Labute approximate surface area is 197 Å². The molecule has 5 nitrogen and oxygen atoms in total. The van der Waals surface area contributed by atoms with Crippen LogP contribution in [0.5, 0.6) is 11.5 Å². The second-order valence-electron chi connectivity index (χ2n) is 11.6. The largest absolute Gasteiger partial charge is 0.493 e. The molecule has 5 aliphatic carbocycles. The van der Waals surface area contributed by atoms with Gasteiger partial charge in [-0.05, 0) is 69.0 Å². The predicted octanol–water partition coefficient (Wildman–Crippen LogP) is 4.12. The van der Waals surface area contributed by atoms with Gasteiger partial charge in [0, 0.05) is 42.0 Å². The molecule has 7 aliphatic rings. The van der Waals surface area contributed by atoms with Crippen LogP contribution in [0.15, 0.2) is 24.8 Å². The molecule has 4 bridgehead atoms. The van der Waals surface area contributed by atoms with Crippen molar-refractivity contribution in [3.8, 4) is 11.5 Å². The van der Waals surface area contributed by atoms with Gasteiger partial charge in [-0.25, -0.2) is 0 Å². The maximum absolute atomic E-state index is 7.04. The summed E-state index contributed by atoms with van der Waals surface area (Å²) in [7, 11) is 3.68. The van der Waals surface area contributed by atoms with Crippen molar-refractivity contribution in [2.45, 2.75) is 68.1 Å². The third kappa shape index (κ3) is 2.39. The summed E-state index contributed by atoms with van der Waals surface area (Å²) >= 11 is 0. The Balaban J connectivity index is 1.41. The molecule has 1 aromatic rings. The van der Waals surface area contributed by atoms with E-state index in [1.54, 1.807) is 7.11 Å². The number of fused-ring (bicyclic) bond motifs is 2. The van der Waals surface area contributed by atoms with E-state index in [9.17, 15) is 0 Å². The molecule has 2 heterocycles. The van der Waals surface area contributed by atoms with Crippen LogP contribution in [0.25, 0.3) is 0 Å². The number of rotatable bonds is 8. The number of hydrogen-bond donors (Lipinski definition) is 0. The highest BCUT2D eigenvalue weighted by molar-refractivity contribution is 5.63. The normalized spacial score (nSPS) is 42.1. The van der Waals surface area contributed by atoms with Gasteiger partial charge in [-0.3, -0.25) is 4.90 Å². The molecule has 4 saturated carbocycles. The third-order valence-electron chi connectivity index (χ3n) is 10.6. The minimum absolute atomic E-state index is 0.0262. The van der Waals surface area contributed by atoms with Gasteiger partial charge in [0.05, 0.1) is 20.3 Å². The average Bonchev–Trinajstić information content (AvgIpc) is 3.58. The molecule has 8 rings (SSSR count). The van der Waals surface area contributed by atoms with E-state index in [0.717, 1.165) is 30.3 Å². The van der Waals surface area contributed by atoms with E-state index in [2.05, 4.69) is 23.6 Å². The van der Waals surface area contributed by atoms with Crippen LogP contribution >= 0.6 is 0 Å². The van der Waals surface area contributed by atoms with Crippen LogP contribution in [0.4, 0.5) is 0 Å². The summed E-state index contributed by atoms with van der Waals surface area (Å²) in [6, 6.07) is 5.05. The van der Waals surface area contributed by atoms with Gasteiger partial charge in [-0.2, -0.15) is 0 Å². The van der Waals surface area contributed by atoms with E-state index in [-0.39, 0.29) is 22.5 Å². The van der Waals surface area contributed by atoms with Gasteiger partial charge in [0.2, 0.25) is 0 Å². The monoisotopic (exact) mass is 451 g/mol. The van der Waals surface area contributed by atoms with Crippen molar-refractivity contribution in [2.24, 2.45) is 17.3 Å². The third-order valence-corrected chi connectivity index (χ3v) is 10.6. The van der Waals surface area contributed by atoms with Gasteiger partial charge in [0.25, 0.3) is 0 Å². The van der Waals surface area contributed by atoms with Crippen LogP contribution in [-0.4, -0.2) is 63.2 Å². The number of piperidine rings is 1. The fourth-order valence-electron chi connectivity index (χ4n) is 9.19. The molecule has 5 heteroatoms. The molecule has 1 aromatic carbocycles. The highest BCUT2D eigenvalue weighted by atomic mass is 16.6. The van der Waals surface area contributed by atoms with Crippen LogP contribution in [0, 0.1) is 17.3 Å². The number of methoxy groups -OCH3 is 2. The van der Waals surface area contributed by atoms with Crippen LogP contribution < -0.4 is 9.47 Å². The summed E-state index contributed by atoms with van der Waals surface area (Å²) in [5.41, 5.74) is 2.89. The highest BCUT2D eigenvalue weighted by Crippen LogP contribution is 2.76. The fourth-order valence-corrected chi connectivity index (χ4v) is 9.19. The number of nitrogens with zero attached hydrogens (tertiary/aromatic N) is 1. The molecule has 2 unspecified atom stereocenters. The number of benzene rings is 1. The van der Waals surface area contributed by atoms with Crippen molar-refractivity contribution in [2.75, 3.05) is 40.5 Å². The van der Waals surface area contributed by atoms with Crippen molar-refractivity contribution >= 4 is 0 Å². The average molecular weight is 452 g/mol. The van der Waals surface area contributed by atoms with Gasteiger partial charge in [0.15, 0.2) is 11.5 Å². The number of likely N-dealkylation sites (tertiary alicyclic amines) is 1. The zero-order valence-electron chi connectivity index (χ0n) is 20.1. The van der Waals surface area contributed by atoms with Crippen molar-refractivity contribution in [1.29, 1.82) is 0 Å². The molecule has 0 N–H and O–H groups in total. The van der Waals surface area contributed by atoms with E-state index in [1.807, 2.05) is 13.2 Å². The first-order chi connectivity index (χ1) is 16.1. The Morgan fingerprint density at radius 1 is 1.21 bits per heavy atom. The van der Waals surface area contributed by atoms with Crippen LogP contribution in [0.2, 0.25) is 0 Å². The maximum atomic E-state index is 7.04. The highest BCUT2D eigenvalue weighted by Gasteiger charge is 2.80. The number of ether oxygens (including phenoxy) is 4. The Morgan fingerprint density at radius 2 is 2.09 bits per heavy atom. The molecular formula is C28H37NO4. The topological polar surface area (TPSA) is 40.2 Å². The van der Waals surface area contributed by atoms with Crippen molar-refractivity contribution in [1.82, 2.24) is 4.90 Å². The van der Waals surface area contributed by atoms with Gasteiger partial charge < -0.3 is 18.9 Å². The zero-order valence-corrected chi connectivity index (χ0v) is 20.1. The lowest BCUT2D eigenvalue weighted by molar-refractivity contribution is -0.283. The van der Waals surface area contributed by atoms with Gasteiger partial charge in [-0.1, -0.05) is 12.1 Å². The lowest BCUT2D eigenvalue weighted by atomic mass is 9.35. The SMILES string of the molecule is C=CCOC[C@H]1CC23CC[C@]1(OC)[C@@H]1Oc4c(OC)ccc5c4C12CCN(CC1CC1)[C@@H]3C5. The molecule has 178 valence electrons. The second-order valence-corrected chi connectivity index (χ2v) is 11.6. The molecule has 1 saturated heterocycles. The standard InChI is InChI=1S/C28H37NO4/c1-4-13-32-17-20-15-26-9-10-28(20,31-3)25-27(26)11-12-29(16-18-5-6-18)22(26)14-19-7-8-21(30-2)24(33-25)23(19)27/h4,7-8,18,20,22,25H,1,5-6,9-17H2,2-3H3/t20-,22-,25-,26?,27?,28-/m1/s1. The quantitative estimate of drug-likeness (QED) is 0.439. The summed E-state index contributed by atoms with van der Waals surface area (Å²) in [4.78, 5) is 2.89. The van der Waals surface area contributed by atoms with Crippen LogP contribution in [-0.2, 0) is 21.3 Å². The smallest absolute Gasteiger partial charge is 0.165 e. The van der Waals surface area contributed by atoms with E-state index < -0.39 is 0 Å². The molecule has 5 fully saturated rings. The Kier molecular flexibility index (Phi) is 4.40. The minimum Gasteiger partial charge on any atom is -0.493 e. The van der Waals surface area contributed by atoms with Gasteiger partial charge in [0.1, 0.15) is 11.7 Å². The van der Waals surface area contributed by atoms with Gasteiger partial charge >= 0.3 is 0 Å². The summed E-state index contributed by atoms with van der Waals surface area (Å²) < 4.78 is 25.5. The molecule has 0 amide bonds. The lowest BCUT2D eigenvalue weighted by Gasteiger charge is -2.74. The molecular weight excluding hydrogens is 414 g/mol. The van der Waals surface area contributed by atoms with E-state index in [1.165, 1.54) is 56.3 Å². The van der Waals surface area contributed by atoms with Crippen molar-refractivity contribution in [3.63, 3.8) is 0 Å². The Bertz CT molecular complexity index is 990. The first-order valence-electron chi connectivity index (χ1n) is 13.0. The summed E-state index contributed by atoms with van der Waals surface area (Å²) in [5, 5.41) is 0. The molecule has 6 atom stereocenters. The molecule has 2 aliphatic heterocycles. The van der Waals surface area contributed by atoms with Crippen LogP contribution in [0.3, 0.4) is 0 Å². The van der Waals surface area contributed by atoms with Crippen molar-refractivity contribution in [3.05, 3.63) is 35.9 Å². The number of hydrogen-bond acceptors (Lipinski definition) is 5. The van der Waals surface area contributed by atoms with Crippen LogP contribution in [0.1, 0.15) is 49.7 Å². The van der Waals surface area contributed by atoms with Gasteiger partial charge in [-0.15, -0.1) is 6.58 Å². The Hall–Kier alpha value is -1.56. The van der Waals surface area contributed by atoms with E-state index in [0.29, 0.717) is 25.2 Å². The summed E-state index contributed by atoms with van der Waals surface area (Å²) in [6.45, 7) is 7.62. The minimum atomic E-state index is -0.315. The molecule has 0 aromatic heterocycles. The van der Waals surface area contributed by atoms with Crippen molar-refractivity contribution < 1.29 is 18.9 Å². The maximum Gasteiger partial charge on any atom is 0.165 e. The predicted molar refractivity (Wildman–Crippen MR) is 126 cm³/mol. The zero-order chi connectivity index (χ0) is 22.4. The molecule has 2 spiro atoms. The molecule has 33 heavy (non-hydrogen) atoms. The summed E-state index contributed by atoms with van der Waals surface area (Å²) in [5.74, 6) is 3.14.